The maximum Gasteiger partial charge on any atom is 0.107 e. The molecule has 1 fully saturated rings. The molecule has 0 heterocycles. The van der Waals surface area contributed by atoms with Crippen LogP contribution in [0.3, 0.4) is 0 Å². The van der Waals surface area contributed by atoms with E-state index in [1.807, 2.05) is 6.07 Å². The third-order valence-corrected chi connectivity index (χ3v) is 3.14. The zero-order valence-electron chi connectivity index (χ0n) is 8.18. The number of hydrogen-bond acceptors (Lipinski definition) is 0. The molecule has 1 saturated carbocycles. The van der Waals surface area contributed by atoms with E-state index in [9.17, 15) is 4.39 Å². The summed E-state index contributed by atoms with van der Waals surface area (Å²) in [5, 5.41) is 0. The van der Waals surface area contributed by atoms with Gasteiger partial charge in [0.05, 0.1) is 0 Å². The first-order valence-electron chi connectivity index (χ1n) is 4.86. The SMILES string of the molecule is Cc1cccc(C2(C(C)F)CC2)c1. The summed E-state index contributed by atoms with van der Waals surface area (Å²) in [6.07, 6.45) is 1.30. The average Bonchev–Trinajstić information content (AvgIpc) is 2.83. The molecule has 1 aliphatic carbocycles. The van der Waals surface area contributed by atoms with Crippen LogP contribution in [0.2, 0.25) is 0 Å². The third kappa shape index (κ3) is 1.37. The van der Waals surface area contributed by atoms with Gasteiger partial charge in [-0.15, -0.1) is 0 Å². The van der Waals surface area contributed by atoms with E-state index in [4.69, 9.17) is 0 Å². The van der Waals surface area contributed by atoms with Crippen molar-refractivity contribution in [3.05, 3.63) is 35.4 Å². The average molecular weight is 178 g/mol. The molecule has 0 N–H and O–H groups in total. The van der Waals surface area contributed by atoms with Crippen molar-refractivity contribution in [2.24, 2.45) is 0 Å². The van der Waals surface area contributed by atoms with Crippen molar-refractivity contribution in [3.8, 4) is 0 Å². The summed E-state index contributed by atoms with van der Waals surface area (Å²) in [6, 6.07) is 8.24. The van der Waals surface area contributed by atoms with Gasteiger partial charge in [-0.1, -0.05) is 29.8 Å². The quantitative estimate of drug-likeness (QED) is 0.651. The van der Waals surface area contributed by atoms with Crippen molar-refractivity contribution >= 4 is 0 Å². The Labute approximate surface area is 78.8 Å². The van der Waals surface area contributed by atoms with Gasteiger partial charge in [-0.25, -0.2) is 4.39 Å². The second-order valence-corrected chi connectivity index (χ2v) is 4.14. The maximum absolute atomic E-state index is 13.4. The molecule has 13 heavy (non-hydrogen) atoms. The van der Waals surface area contributed by atoms with Crippen LogP contribution in [-0.4, -0.2) is 6.17 Å². The standard InChI is InChI=1S/C12H15F/c1-9-4-3-5-11(8-9)12(6-7-12)10(2)13/h3-5,8,10H,6-7H2,1-2H3. The van der Waals surface area contributed by atoms with Crippen LogP contribution in [0.25, 0.3) is 0 Å². The normalized spacial score (nSPS) is 21.2. The molecule has 0 amide bonds. The maximum atomic E-state index is 13.4. The van der Waals surface area contributed by atoms with Gasteiger partial charge in [0, 0.05) is 5.41 Å². The molecular formula is C12H15F. The summed E-state index contributed by atoms with van der Waals surface area (Å²) >= 11 is 0. The van der Waals surface area contributed by atoms with Gasteiger partial charge in [0.15, 0.2) is 0 Å². The Morgan fingerprint density at radius 3 is 2.54 bits per heavy atom. The summed E-state index contributed by atoms with van der Waals surface area (Å²) in [7, 11) is 0. The molecule has 0 radical (unpaired) electrons. The highest BCUT2D eigenvalue weighted by atomic mass is 19.1. The van der Waals surface area contributed by atoms with E-state index >= 15 is 0 Å². The van der Waals surface area contributed by atoms with Gasteiger partial charge in [-0.3, -0.25) is 0 Å². The van der Waals surface area contributed by atoms with Crippen LogP contribution in [0, 0.1) is 6.92 Å². The van der Waals surface area contributed by atoms with Crippen molar-refractivity contribution in [3.63, 3.8) is 0 Å². The summed E-state index contributed by atoms with van der Waals surface area (Å²) in [5.74, 6) is 0. The summed E-state index contributed by atoms with van der Waals surface area (Å²) in [4.78, 5) is 0. The minimum Gasteiger partial charge on any atom is -0.247 e. The lowest BCUT2D eigenvalue weighted by Crippen LogP contribution is -2.18. The van der Waals surface area contributed by atoms with Crippen molar-refractivity contribution in [1.29, 1.82) is 0 Å². The largest absolute Gasteiger partial charge is 0.247 e. The predicted octanol–water partition coefficient (Wildman–Crippen LogP) is 3.38. The van der Waals surface area contributed by atoms with E-state index < -0.39 is 6.17 Å². The second-order valence-electron chi connectivity index (χ2n) is 4.14. The fraction of sp³-hybridized carbons (Fsp3) is 0.500. The Morgan fingerprint density at radius 2 is 2.08 bits per heavy atom. The monoisotopic (exact) mass is 178 g/mol. The molecular weight excluding hydrogens is 163 g/mol. The fourth-order valence-electron chi connectivity index (χ4n) is 2.01. The molecule has 1 aromatic rings. The Morgan fingerprint density at radius 1 is 1.38 bits per heavy atom. The van der Waals surface area contributed by atoms with Gasteiger partial charge >= 0.3 is 0 Å². The molecule has 0 bridgehead atoms. The van der Waals surface area contributed by atoms with Gasteiger partial charge in [-0.05, 0) is 32.3 Å². The molecule has 2 rings (SSSR count). The number of halogens is 1. The van der Waals surface area contributed by atoms with Crippen molar-refractivity contribution in [2.45, 2.75) is 38.3 Å². The van der Waals surface area contributed by atoms with Crippen LogP contribution in [0.5, 0.6) is 0 Å². The van der Waals surface area contributed by atoms with Crippen LogP contribution in [0.4, 0.5) is 4.39 Å². The van der Waals surface area contributed by atoms with E-state index in [2.05, 4.69) is 25.1 Å². The molecule has 1 aromatic carbocycles. The van der Waals surface area contributed by atoms with Crippen LogP contribution in [-0.2, 0) is 5.41 Å². The molecule has 1 heteroatoms. The summed E-state index contributed by atoms with van der Waals surface area (Å²) in [5.41, 5.74) is 2.28. The number of rotatable bonds is 2. The molecule has 0 aliphatic heterocycles. The Hall–Kier alpha value is -0.850. The molecule has 1 unspecified atom stereocenters. The van der Waals surface area contributed by atoms with Gasteiger partial charge in [0.1, 0.15) is 6.17 Å². The Balaban J connectivity index is 2.35. The first-order chi connectivity index (χ1) is 6.15. The van der Waals surface area contributed by atoms with Crippen LogP contribution in [0.15, 0.2) is 24.3 Å². The molecule has 70 valence electrons. The highest BCUT2D eigenvalue weighted by Gasteiger charge is 2.49. The Kier molecular flexibility index (Phi) is 1.90. The fourth-order valence-corrected chi connectivity index (χ4v) is 2.01. The van der Waals surface area contributed by atoms with Crippen molar-refractivity contribution in [2.75, 3.05) is 0 Å². The lowest BCUT2D eigenvalue weighted by Gasteiger charge is -2.17. The van der Waals surface area contributed by atoms with Gasteiger partial charge < -0.3 is 0 Å². The highest BCUT2D eigenvalue weighted by molar-refractivity contribution is 5.35. The van der Waals surface area contributed by atoms with E-state index in [0.29, 0.717) is 0 Å². The van der Waals surface area contributed by atoms with Crippen molar-refractivity contribution in [1.82, 2.24) is 0 Å². The van der Waals surface area contributed by atoms with Gasteiger partial charge in [0.25, 0.3) is 0 Å². The van der Waals surface area contributed by atoms with Gasteiger partial charge in [-0.2, -0.15) is 0 Å². The first kappa shape index (κ1) is 8.74. The van der Waals surface area contributed by atoms with Crippen LogP contribution < -0.4 is 0 Å². The zero-order valence-corrected chi connectivity index (χ0v) is 8.18. The minimum absolute atomic E-state index is 0.133. The molecule has 0 aromatic heterocycles. The number of alkyl halides is 1. The molecule has 0 nitrogen and oxygen atoms in total. The zero-order chi connectivity index (χ0) is 9.47. The number of aryl methyl sites for hydroxylation is 1. The first-order valence-corrected chi connectivity index (χ1v) is 4.86. The topological polar surface area (TPSA) is 0 Å². The van der Waals surface area contributed by atoms with E-state index in [-0.39, 0.29) is 5.41 Å². The van der Waals surface area contributed by atoms with Crippen LogP contribution in [0.1, 0.15) is 30.9 Å². The highest BCUT2D eigenvalue weighted by Crippen LogP contribution is 2.52. The third-order valence-electron chi connectivity index (χ3n) is 3.14. The second kappa shape index (κ2) is 2.83. The molecule has 0 spiro atoms. The van der Waals surface area contributed by atoms with Crippen LogP contribution >= 0.6 is 0 Å². The van der Waals surface area contributed by atoms with E-state index in [0.717, 1.165) is 12.8 Å². The summed E-state index contributed by atoms with van der Waals surface area (Å²) in [6.45, 7) is 3.73. The van der Waals surface area contributed by atoms with E-state index in [1.165, 1.54) is 11.1 Å². The van der Waals surface area contributed by atoms with E-state index in [1.54, 1.807) is 6.92 Å². The molecule has 1 aliphatic rings. The Bertz CT molecular complexity index is 311. The minimum atomic E-state index is -0.714. The number of benzene rings is 1. The molecule has 1 atom stereocenters. The lowest BCUT2D eigenvalue weighted by molar-refractivity contribution is 0.290. The van der Waals surface area contributed by atoms with Crippen molar-refractivity contribution < 1.29 is 4.39 Å². The summed E-state index contributed by atoms with van der Waals surface area (Å²) < 4.78 is 13.4. The predicted molar refractivity (Wildman–Crippen MR) is 52.7 cm³/mol. The van der Waals surface area contributed by atoms with Gasteiger partial charge in [0.2, 0.25) is 0 Å². The molecule has 0 saturated heterocycles. The smallest absolute Gasteiger partial charge is 0.107 e. The lowest BCUT2D eigenvalue weighted by atomic mass is 9.91. The number of hydrogen-bond donors (Lipinski definition) is 0.